The van der Waals surface area contributed by atoms with E-state index >= 15 is 0 Å². The lowest BCUT2D eigenvalue weighted by Gasteiger charge is -2.10. The van der Waals surface area contributed by atoms with Crippen LogP contribution in [0.15, 0.2) is 36.8 Å². The molecule has 0 radical (unpaired) electrons. The molecule has 0 bridgehead atoms. The number of nitrogens with zero attached hydrogens (tertiary/aromatic N) is 3. The van der Waals surface area contributed by atoms with E-state index in [1.54, 1.807) is 31.3 Å². The number of aryl methyl sites for hydroxylation is 1. The molecule has 120 valence electrons. The molecule has 0 saturated carbocycles. The van der Waals surface area contributed by atoms with Crippen LogP contribution in [0.25, 0.3) is 22.5 Å². The highest BCUT2D eigenvalue weighted by Crippen LogP contribution is 2.35. The van der Waals surface area contributed by atoms with Crippen LogP contribution in [0, 0.1) is 0 Å². The molecule has 3 rings (SSSR count). The summed E-state index contributed by atoms with van der Waals surface area (Å²) in [6, 6.07) is 5.02. The SMILES string of the molecule is CNc1nc[nH]c1-c1cnn(C)c1-c1ccc(C(F)(F)F)cc1. The van der Waals surface area contributed by atoms with Gasteiger partial charge < -0.3 is 10.3 Å². The Bertz CT molecular complexity index is 815. The maximum Gasteiger partial charge on any atom is 0.416 e. The molecule has 5 nitrogen and oxygen atoms in total. The first kappa shape index (κ1) is 15.1. The third-order valence-corrected chi connectivity index (χ3v) is 3.57. The van der Waals surface area contributed by atoms with Crippen LogP contribution >= 0.6 is 0 Å². The fourth-order valence-corrected chi connectivity index (χ4v) is 2.47. The number of alkyl halides is 3. The Morgan fingerprint density at radius 1 is 1.17 bits per heavy atom. The van der Waals surface area contributed by atoms with Crippen LogP contribution in [0.4, 0.5) is 19.0 Å². The number of halogens is 3. The van der Waals surface area contributed by atoms with Crippen molar-refractivity contribution >= 4 is 5.82 Å². The molecule has 0 amide bonds. The van der Waals surface area contributed by atoms with E-state index in [4.69, 9.17) is 0 Å². The van der Waals surface area contributed by atoms with Gasteiger partial charge in [-0.2, -0.15) is 18.3 Å². The van der Waals surface area contributed by atoms with E-state index in [2.05, 4.69) is 20.4 Å². The lowest BCUT2D eigenvalue weighted by Crippen LogP contribution is -2.04. The molecule has 0 fully saturated rings. The van der Waals surface area contributed by atoms with Crippen LogP contribution < -0.4 is 5.32 Å². The highest BCUT2D eigenvalue weighted by molar-refractivity contribution is 5.84. The Morgan fingerprint density at radius 3 is 2.48 bits per heavy atom. The predicted molar refractivity (Wildman–Crippen MR) is 80.8 cm³/mol. The molecule has 0 saturated heterocycles. The number of benzene rings is 1. The number of rotatable bonds is 3. The maximum absolute atomic E-state index is 12.7. The second-order valence-corrected chi connectivity index (χ2v) is 4.98. The van der Waals surface area contributed by atoms with Gasteiger partial charge in [-0.05, 0) is 12.1 Å². The molecule has 8 heteroatoms. The Morgan fingerprint density at radius 2 is 1.87 bits per heavy atom. The monoisotopic (exact) mass is 321 g/mol. The largest absolute Gasteiger partial charge is 0.416 e. The number of aromatic amines is 1. The van der Waals surface area contributed by atoms with Gasteiger partial charge in [0.1, 0.15) is 0 Å². The summed E-state index contributed by atoms with van der Waals surface area (Å²) in [5.41, 5.74) is 2.16. The molecule has 23 heavy (non-hydrogen) atoms. The molecule has 0 aliphatic rings. The molecular weight excluding hydrogens is 307 g/mol. The number of imidazole rings is 1. The quantitative estimate of drug-likeness (QED) is 0.776. The normalized spacial score (nSPS) is 11.7. The van der Waals surface area contributed by atoms with Crippen LogP contribution in [0.2, 0.25) is 0 Å². The molecular formula is C15H14F3N5. The molecule has 3 aromatic rings. The lowest BCUT2D eigenvalue weighted by molar-refractivity contribution is -0.137. The zero-order chi connectivity index (χ0) is 16.6. The number of hydrogen-bond donors (Lipinski definition) is 2. The van der Waals surface area contributed by atoms with Gasteiger partial charge in [-0.3, -0.25) is 4.68 Å². The summed E-state index contributed by atoms with van der Waals surface area (Å²) in [5, 5.41) is 7.18. The molecule has 2 aromatic heterocycles. The Kier molecular flexibility index (Phi) is 3.59. The van der Waals surface area contributed by atoms with Gasteiger partial charge in [-0.15, -0.1) is 0 Å². The first-order valence-corrected chi connectivity index (χ1v) is 6.83. The Hall–Kier alpha value is -2.77. The van der Waals surface area contributed by atoms with Crippen molar-refractivity contribution < 1.29 is 13.2 Å². The van der Waals surface area contributed by atoms with Gasteiger partial charge in [-0.25, -0.2) is 4.98 Å². The van der Waals surface area contributed by atoms with Gasteiger partial charge in [0.25, 0.3) is 0 Å². The molecule has 0 unspecified atom stereocenters. The summed E-state index contributed by atoms with van der Waals surface area (Å²) in [5.74, 6) is 0.645. The lowest BCUT2D eigenvalue weighted by atomic mass is 10.0. The fourth-order valence-electron chi connectivity index (χ4n) is 2.47. The maximum atomic E-state index is 12.7. The van der Waals surface area contributed by atoms with E-state index in [1.807, 2.05) is 0 Å². The highest BCUT2D eigenvalue weighted by atomic mass is 19.4. The first-order chi connectivity index (χ1) is 10.9. The van der Waals surface area contributed by atoms with Crippen molar-refractivity contribution in [2.45, 2.75) is 6.18 Å². The smallest absolute Gasteiger partial charge is 0.371 e. The minimum absolute atomic E-state index is 0.643. The Labute approximate surface area is 130 Å². The first-order valence-electron chi connectivity index (χ1n) is 6.83. The molecule has 1 aromatic carbocycles. The van der Waals surface area contributed by atoms with E-state index in [1.165, 1.54) is 12.1 Å². The van der Waals surface area contributed by atoms with Crippen LogP contribution in [0.5, 0.6) is 0 Å². The van der Waals surface area contributed by atoms with Gasteiger partial charge in [0.2, 0.25) is 0 Å². The number of anilines is 1. The molecule has 0 aliphatic heterocycles. The molecule has 0 aliphatic carbocycles. The van der Waals surface area contributed by atoms with Crippen LogP contribution in [-0.2, 0) is 13.2 Å². The third-order valence-electron chi connectivity index (χ3n) is 3.57. The number of hydrogen-bond acceptors (Lipinski definition) is 3. The number of nitrogens with one attached hydrogen (secondary N) is 2. The van der Waals surface area contributed by atoms with Crippen LogP contribution in [0.3, 0.4) is 0 Å². The van der Waals surface area contributed by atoms with Crippen molar-refractivity contribution in [2.75, 3.05) is 12.4 Å². The van der Waals surface area contributed by atoms with E-state index in [-0.39, 0.29) is 0 Å². The topological polar surface area (TPSA) is 58.5 Å². The van der Waals surface area contributed by atoms with Gasteiger partial charge in [0.05, 0.1) is 29.5 Å². The average molecular weight is 321 g/mol. The highest BCUT2D eigenvalue weighted by Gasteiger charge is 2.30. The predicted octanol–water partition coefficient (Wildman–Crippen LogP) is 3.54. The molecule has 2 N–H and O–H groups in total. The number of H-pyrrole nitrogens is 1. The van der Waals surface area contributed by atoms with Crippen LogP contribution in [-0.4, -0.2) is 26.8 Å². The van der Waals surface area contributed by atoms with Gasteiger partial charge in [0.15, 0.2) is 5.82 Å². The Balaban J connectivity index is 2.09. The van der Waals surface area contributed by atoms with Crippen molar-refractivity contribution in [3.05, 3.63) is 42.4 Å². The standard InChI is InChI=1S/C15H14F3N5/c1-19-14-12(20-8-21-14)11-7-22-23(2)13(11)9-3-5-10(6-4-9)15(16,17)18/h3-8,19H,1-2H3,(H,20,21). The molecule has 2 heterocycles. The summed E-state index contributed by atoms with van der Waals surface area (Å²) in [6.45, 7) is 0. The fraction of sp³-hybridized carbons (Fsp3) is 0.200. The van der Waals surface area contributed by atoms with E-state index in [0.717, 1.165) is 23.4 Å². The average Bonchev–Trinajstić information content (AvgIpc) is 3.12. The van der Waals surface area contributed by atoms with Crippen molar-refractivity contribution in [1.82, 2.24) is 19.7 Å². The van der Waals surface area contributed by atoms with Crippen molar-refractivity contribution in [3.8, 4) is 22.5 Å². The third kappa shape index (κ3) is 2.67. The van der Waals surface area contributed by atoms with Gasteiger partial charge in [0, 0.05) is 25.2 Å². The van der Waals surface area contributed by atoms with Crippen molar-refractivity contribution in [2.24, 2.45) is 7.05 Å². The van der Waals surface area contributed by atoms with Crippen molar-refractivity contribution in [1.29, 1.82) is 0 Å². The second-order valence-electron chi connectivity index (χ2n) is 4.98. The minimum Gasteiger partial charge on any atom is -0.371 e. The minimum atomic E-state index is -4.35. The summed E-state index contributed by atoms with van der Waals surface area (Å²) in [4.78, 5) is 7.17. The van der Waals surface area contributed by atoms with Crippen molar-refractivity contribution in [3.63, 3.8) is 0 Å². The summed E-state index contributed by atoms with van der Waals surface area (Å²) >= 11 is 0. The zero-order valence-electron chi connectivity index (χ0n) is 12.4. The van der Waals surface area contributed by atoms with Gasteiger partial charge in [-0.1, -0.05) is 12.1 Å². The van der Waals surface area contributed by atoms with E-state index in [0.29, 0.717) is 17.1 Å². The second kappa shape index (κ2) is 5.45. The summed E-state index contributed by atoms with van der Waals surface area (Å²) in [7, 11) is 3.49. The molecule has 0 spiro atoms. The van der Waals surface area contributed by atoms with Crippen LogP contribution in [0.1, 0.15) is 5.56 Å². The van der Waals surface area contributed by atoms with E-state index < -0.39 is 11.7 Å². The summed E-state index contributed by atoms with van der Waals surface area (Å²) in [6.07, 6.45) is -1.15. The zero-order valence-corrected chi connectivity index (χ0v) is 12.4. The van der Waals surface area contributed by atoms with E-state index in [9.17, 15) is 13.2 Å². The summed E-state index contributed by atoms with van der Waals surface area (Å²) < 4.78 is 39.7. The number of aromatic nitrogens is 4. The van der Waals surface area contributed by atoms with Gasteiger partial charge >= 0.3 is 6.18 Å². The molecule has 0 atom stereocenters.